The fraction of sp³-hybridized carbons (Fsp3) is 0.382. The van der Waals surface area contributed by atoms with Crippen molar-refractivity contribution >= 4 is 35.3 Å². The van der Waals surface area contributed by atoms with Gasteiger partial charge in [0, 0.05) is 0 Å². The zero-order valence-corrected chi connectivity index (χ0v) is 28.5. The van der Waals surface area contributed by atoms with Gasteiger partial charge < -0.3 is 33.2 Å². The van der Waals surface area contributed by atoms with Crippen LogP contribution in [0.15, 0.2) is 57.5 Å². The van der Waals surface area contributed by atoms with Gasteiger partial charge >= 0.3 is 17.9 Å². The number of aromatic nitrogens is 1. The summed E-state index contributed by atoms with van der Waals surface area (Å²) in [5, 5.41) is 0. The van der Waals surface area contributed by atoms with Crippen LogP contribution in [-0.4, -0.2) is 69.2 Å². The fourth-order valence-corrected chi connectivity index (χ4v) is 5.92. The molecule has 0 saturated heterocycles. The lowest BCUT2D eigenvalue weighted by atomic mass is 9.95. The van der Waals surface area contributed by atoms with Crippen LogP contribution in [0.4, 0.5) is 0 Å². The van der Waals surface area contributed by atoms with E-state index in [4.69, 9.17) is 28.4 Å². The highest BCUT2D eigenvalue weighted by Gasteiger charge is 2.34. The molecular weight excluding hydrogens is 644 g/mol. The molecule has 0 unspecified atom stereocenters. The Morgan fingerprint density at radius 2 is 1.44 bits per heavy atom. The summed E-state index contributed by atoms with van der Waals surface area (Å²) < 4.78 is 39.6. The van der Waals surface area contributed by atoms with E-state index in [1.165, 1.54) is 11.7 Å². The number of fused-ring (bicyclic) bond motifs is 1. The summed E-state index contributed by atoms with van der Waals surface area (Å²) in [6.45, 7) is 9.09. The molecule has 1 atom stereocenters. The summed E-state index contributed by atoms with van der Waals surface area (Å²) in [4.78, 5) is 56.0. The normalized spacial score (nSPS) is 14.0. The van der Waals surface area contributed by atoms with Crippen molar-refractivity contribution in [2.24, 2.45) is 4.99 Å². The maximum atomic E-state index is 14.1. The second-order valence-corrected chi connectivity index (χ2v) is 11.0. The Labute approximate surface area is 281 Å². The highest BCUT2D eigenvalue weighted by molar-refractivity contribution is 7.07. The number of hydrogen-bond donors (Lipinski definition) is 0. The quantitative estimate of drug-likeness (QED) is 0.172. The molecule has 0 radical (unpaired) electrons. The van der Waals surface area contributed by atoms with Gasteiger partial charge in [-0.3, -0.25) is 9.36 Å². The Morgan fingerprint density at radius 1 is 0.812 bits per heavy atom. The summed E-state index contributed by atoms with van der Waals surface area (Å²) in [6, 6.07) is 9.15. The van der Waals surface area contributed by atoms with Crippen molar-refractivity contribution in [3.8, 4) is 23.0 Å². The Hall–Kier alpha value is -5.11. The topological polar surface area (TPSA) is 150 Å². The van der Waals surface area contributed by atoms with Gasteiger partial charge in [0.05, 0.1) is 55.4 Å². The predicted octanol–water partition coefficient (Wildman–Crippen LogP) is 3.09. The van der Waals surface area contributed by atoms with Gasteiger partial charge in [0.15, 0.2) is 41.0 Å². The average molecular weight is 683 g/mol. The number of methoxy groups -OCH3 is 1. The molecule has 0 saturated carbocycles. The first kappa shape index (κ1) is 35.7. The van der Waals surface area contributed by atoms with Crippen molar-refractivity contribution in [1.29, 1.82) is 0 Å². The van der Waals surface area contributed by atoms with Crippen molar-refractivity contribution in [3.05, 3.63) is 78.5 Å². The van der Waals surface area contributed by atoms with E-state index in [1.54, 1.807) is 70.2 Å². The SMILES string of the molecule is CCOC(=O)COc1ccc(/C=c2\sc3n(c2=O)[C@@H](c2ccc(OCC(=O)OC)c(OCC)c2)C(C(=O)OCC)=C(C)N=3)cc1OCC. The molecule has 0 spiro atoms. The van der Waals surface area contributed by atoms with Gasteiger partial charge in [-0.2, -0.15) is 0 Å². The summed E-state index contributed by atoms with van der Waals surface area (Å²) in [5.41, 5.74) is 1.38. The van der Waals surface area contributed by atoms with Crippen LogP contribution in [-0.2, 0) is 28.6 Å². The lowest BCUT2D eigenvalue weighted by molar-refractivity contribution is -0.145. The van der Waals surface area contributed by atoms with Gasteiger partial charge in [0.2, 0.25) is 0 Å². The average Bonchev–Trinajstić information content (AvgIpc) is 3.36. The van der Waals surface area contributed by atoms with Crippen molar-refractivity contribution in [2.45, 2.75) is 40.7 Å². The molecule has 48 heavy (non-hydrogen) atoms. The molecular formula is C34H38N2O11S. The van der Waals surface area contributed by atoms with Gasteiger partial charge in [0.25, 0.3) is 5.56 Å². The van der Waals surface area contributed by atoms with E-state index in [2.05, 4.69) is 9.73 Å². The molecule has 4 rings (SSSR count). The van der Waals surface area contributed by atoms with E-state index in [9.17, 15) is 19.2 Å². The maximum absolute atomic E-state index is 14.1. The van der Waals surface area contributed by atoms with Gasteiger partial charge in [-0.05, 0) is 76.1 Å². The Kier molecular flexibility index (Phi) is 12.4. The lowest BCUT2D eigenvalue weighted by Crippen LogP contribution is -2.40. The number of ether oxygens (including phenoxy) is 7. The number of carbonyl (C=O) groups is 3. The zero-order chi connectivity index (χ0) is 34.8. The van der Waals surface area contributed by atoms with Gasteiger partial charge in [-0.1, -0.05) is 23.5 Å². The van der Waals surface area contributed by atoms with Crippen molar-refractivity contribution < 1.29 is 47.5 Å². The summed E-state index contributed by atoms with van der Waals surface area (Å²) in [5.74, 6) is -0.342. The molecule has 256 valence electrons. The molecule has 3 aromatic rings. The zero-order valence-electron chi connectivity index (χ0n) is 27.7. The number of benzene rings is 2. The van der Waals surface area contributed by atoms with Crippen LogP contribution in [0.2, 0.25) is 0 Å². The number of thiazole rings is 1. The minimum absolute atomic E-state index is 0.124. The minimum atomic E-state index is -0.908. The highest BCUT2D eigenvalue weighted by Crippen LogP contribution is 2.36. The van der Waals surface area contributed by atoms with Gasteiger partial charge in [-0.25, -0.2) is 19.4 Å². The minimum Gasteiger partial charge on any atom is -0.490 e. The Morgan fingerprint density at radius 3 is 2.06 bits per heavy atom. The van der Waals surface area contributed by atoms with Crippen LogP contribution >= 0.6 is 11.3 Å². The molecule has 1 aliphatic heterocycles. The molecule has 1 aliphatic rings. The molecule has 1 aromatic heterocycles. The number of nitrogens with zero attached hydrogens (tertiary/aromatic N) is 2. The number of carbonyl (C=O) groups excluding carboxylic acids is 3. The second-order valence-electron chi connectivity index (χ2n) is 10.0. The number of esters is 3. The van der Waals surface area contributed by atoms with Crippen molar-refractivity contribution in [2.75, 3.05) is 46.8 Å². The molecule has 2 heterocycles. The smallest absolute Gasteiger partial charge is 0.344 e. The third-order valence-corrected chi connectivity index (χ3v) is 7.87. The third kappa shape index (κ3) is 8.23. The Balaban J connectivity index is 1.82. The number of hydrogen-bond acceptors (Lipinski definition) is 13. The van der Waals surface area contributed by atoms with Gasteiger partial charge in [-0.15, -0.1) is 0 Å². The second kappa shape index (κ2) is 16.6. The molecule has 0 fully saturated rings. The molecule has 14 heteroatoms. The molecule has 0 bridgehead atoms. The number of allylic oxidation sites excluding steroid dienone is 1. The van der Waals surface area contributed by atoms with Crippen LogP contribution in [0.5, 0.6) is 23.0 Å². The van der Waals surface area contributed by atoms with Gasteiger partial charge in [0.1, 0.15) is 0 Å². The van der Waals surface area contributed by atoms with Crippen LogP contribution in [0, 0.1) is 0 Å². The fourth-order valence-electron chi connectivity index (χ4n) is 4.88. The molecule has 13 nitrogen and oxygen atoms in total. The van der Waals surface area contributed by atoms with Crippen molar-refractivity contribution in [1.82, 2.24) is 4.57 Å². The first-order valence-corrected chi connectivity index (χ1v) is 16.2. The van der Waals surface area contributed by atoms with E-state index in [1.807, 2.05) is 6.92 Å². The van der Waals surface area contributed by atoms with E-state index in [-0.39, 0.29) is 49.9 Å². The first-order chi connectivity index (χ1) is 23.1. The van der Waals surface area contributed by atoms with E-state index in [0.29, 0.717) is 50.0 Å². The van der Waals surface area contributed by atoms with Crippen molar-refractivity contribution in [3.63, 3.8) is 0 Å². The first-order valence-electron chi connectivity index (χ1n) is 15.4. The van der Waals surface area contributed by atoms with E-state index >= 15 is 0 Å². The molecule has 0 amide bonds. The standard InChI is InChI=1S/C34H38N2O11S/c1-7-42-25-15-21(11-13-23(25)47-19-29(38)44-9-3)16-27-32(39)36-31(30(33(40)45-10-4)20(5)35-34(36)48-27)22-12-14-24(26(17-22)43-8-2)46-18-28(37)41-6/h11-17,31H,7-10,18-19H2,1-6H3/b27-16-/t31-/m0/s1. The molecule has 2 aromatic carbocycles. The lowest BCUT2D eigenvalue weighted by Gasteiger charge is -2.25. The summed E-state index contributed by atoms with van der Waals surface area (Å²) in [6.07, 6.45) is 1.69. The third-order valence-electron chi connectivity index (χ3n) is 6.89. The summed E-state index contributed by atoms with van der Waals surface area (Å²) in [7, 11) is 1.26. The van der Waals surface area contributed by atoms with E-state index in [0.717, 1.165) is 11.3 Å². The molecule has 0 N–H and O–H groups in total. The Bertz CT molecular complexity index is 1880. The van der Waals surface area contributed by atoms with Crippen LogP contribution < -0.4 is 33.8 Å². The molecule has 0 aliphatic carbocycles. The van der Waals surface area contributed by atoms with Crippen LogP contribution in [0.25, 0.3) is 6.08 Å². The largest absolute Gasteiger partial charge is 0.490 e. The number of rotatable bonds is 15. The monoisotopic (exact) mass is 682 g/mol. The summed E-state index contributed by atoms with van der Waals surface area (Å²) >= 11 is 1.16. The van der Waals surface area contributed by atoms with Crippen LogP contribution in [0.1, 0.15) is 51.8 Å². The predicted molar refractivity (Wildman–Crippen MR) is 175 cm³/mol. The highest BCUT2D eigenvalue weighted by atomic mass is 32.1. The maximum Gasteiger partial charge on any atom is 0.344 e. The van der Waals surface area contributed by atoms with Crippen LogP contribution in [0.3, 0.4) is 0 Å². The van der Waals surface area contributed by atoms with E-state index < -0.39 is 23.9 Å².